The van der Waals surface area contributed by atoms with Crippen molar-refractivity contribution in [3.05, 3.63) is 70.6 Å². The Morgan fingerprint density at radius 3 is 2.38 bits per heavy atom. The maximum atomic E-state index is 12.5. The number of fused-ring (bicyclic) bond motifs is 1. The summed E-state index contributed by atoms with van der Waals surface area (Å²) in [7, 11) is 0. The van der Waals surface area contributed by atoms with Gasteiger partial charge in [0, 0.05) is 21.3 Å². The zero-order valence-corrected chi connectivity index (χ0v) is 15.6. The monoisotopic (exact) mass is 386 g/mol. The molecule has 0 bridgehead atoms. The maximum absolute atomic E-state index is 12.5. The molecule has 0 unspecified atom stereocenters. The Balaban J connectivity index is 1.57. The summed E-state index contributed by atoms with van der Waals surface area (Å²) in [6.07, 6.45) is 4.12. The summed E-state index contributed by atoms with van der Waals surface area (Å²) in [5.41, 5.74) is 2.97. The van der Waals surface area contributed by atoms with Gasteiger partial charge in [0.2, 0.25) is 0 Å². The van der Waals surface area contributed by atoms with Crippen molar-refractivity contribution in [1.29, 1.82) is 0 Å². The molecule has 2 aromatic carbocycles. The molecule has 0 saturated carbocycles. The first-order valence-corrected chi connectivity index (χ1v) is 9.29. The zero-order valence-electron chi connectivity index (χ0n) is 14.1. The van der Waals surface area contributed by atoms with E-state index in [9.17, 15) is 4.79 Å². The molecule has 0 saturated heterocycles. The number of halogens is 2. The highest BCUT2D eigenvalue weighted by Crippen LogP contribution is 2.26. The van der Waals surface area contributed by atoms with Gasteiger partial charge in [-0.25, -0.2) is 9.13 Å². The predicted molar refractivity (Wildman–Crippen MR) is 103 cm³/mol. The molecule has 0 fully saturated rings. The smallest absolute Gasteiger partial charge is 0.266 e. The largest absolute Gasteiger partial charge is 0.323 e. The van der Waals surface area contributed by atoms with Crippen molar-refractivity contribution in [2.24, 2.45) is 0 Å². The van der Waals surface area contributed by atoms with Crippen molar-refractivity contribution in [3.8, 4) is 11.3 Å². The van der Waals surface area contributed by atoms with E-state index < -0.39 is 0 Å². The molecule has 1 aromatic heterocycles. The Morgan fingerprint density at radius 2 is 1.69 bits per heavy atom. The van der Waals surface area contributed by atoms with Crippen LogP contribution in [-0.4, -0.2) is 10.5 Å². The summed E-state index contributed by atoms with van der Waals surface area (Å²) in [4.78, 5) is 12.5. The molecule has 1 N–H and O–H groups in total. The second kappa shape index (κ2) is 7.14. The average Bonchev–Trinajstić information content (AvgIpc) is 3.22. The molecule has 3 aromatic rings. The molecule has 0 spiro atoms. The van der Waals surface area contributed by atoms with E-state index in [0.717, 1.165) is 41.4 Å². The quantitative estimate of drug-likeness (QED) is 0.665. The minimum Gasteiger partial charge on any atom is -0.323 e. The molecule has 4 rings (SSSR count). The van der Waals surface area contributed by atoms with Crippen molar-refractivity contribution < 1.29 is 9.36 Å². The van der Waals surface area contributed by atoms with E-state index in [1.165, 1.54) is 5.82 Å². The number of anilines is 1. The molecule has 1 aliphatic heterocycles. The zero-order chi connectivity index (χ0) is 18.1. The van der Waals surface area contributed by atoms with E-state index in [-0.39, 0.29) is 12.5 Å². The van der Waals surface area contributed by atoms with Gasteiger partial charge in [0.25, 0.3) is 11.7 Å². The fourth-order valence-corrected chi connectivity index (χ4v) is 3.64. The van der Waals surface area contributed by atoms with Gasteiger partial charge in [-0.2, -0.15) is 0 Å². The average molecular weight is 387 g/mol. The third-order valence-electron chi connectivity index (χ3n) is 4.58. The third kappa shape index (κ3) is 3.48. The summed E-state index contributed by atoms with van der Waals surface area (Å²) >= 11 is 11.9. The van der Waals surface area contributed by atoms with Gasteiger partial charge >= 0.3 is 0 Å². The highest BCUT2D eigenvalue weighted by molar-refractivity contribution is 6.30. The van der Waals surface area contributed by atoms with E-state index in [4.69, 9.17) is 23.2 Å². The van der Waals surface area contributed by atoms with Crippen molar-refractivity contribution in [2.45, 2.75) is 25.9 Å². The summed E-state index contributed by atoms with van der Waals surface area (Å²) in [5.74, 6) is 1.13. The van der Waals surface area contributed by atoms with Crippen molar-refractivity contribution >= 4 is 34.8 Å². The minimum absolute atomic E-state index is 0.0553. The van der Waals surface area contributed by atoms with Crippen LogP contribution in [0, 0.1) is 0 Å². The van der Waals surface area contributed by atoms with E-state index in [2.05, 4.69) is 16.1 Å². The highest BCUT2D eigenvalue weighted by Gasteiger charge is 2.29. The summed E-state index contributed by atoms with van der Waals surface area (Å²) in [5, 5.41) is 4.29. The number of aromatic nitrogens is 2. The number of hydrogen-bond donors (Lipinski definition) is 1. The first-order chi connectivity index (χ1) is 12.6. The Hall–Kier alpha value is -2.30. The van der Waals surface area contributed by atoms with Crippen LogP contribution < -0.4 is 9.88 Å². The molecule has 0 radical (unpaired) electrons. The van der Waals surface area contributed by atoms with Gasteiger partial charge in [-0.15, -0.1) is 0 Å². The molecule has 1 amide bonds. The lowest BCUT2D eigenvalue weighted by molar-refractivity contribution is -0.690. The number of benzene rings is 2. The lowest BCUT2D eigenvalue weighted by Gasteiger charge is -2.04. The van der Waals surface area contributed by atoms with Gasteiger partial charge in [0.1, 0.15) is 6.20 Å². The number of nitrogens with one attached hydrogen (secondary N) is 1. The van der Waals surface area contributed by atoms with Crippen LogP contribution in [0.5, 0.6) is 0 Å². The Morgan fingerprint density at radius 1 is 1.04 bits per heavy atom. The lowest BCUT2D eigenvalue weighted by Crippen LogP contribution is -2.42. The molecule has 132 valence electrons. The molecule has 4 nitrogen and oxygen atoms in total. The number of carbonyl (C=O) groups excluding carboxylic acids is 1. The Kier molecular flexibility index (Phi) is 4.70. The number of hydrogen-bond acceptors (Lipinski definition) is 1. The van der Waals surface area contributed by atoms with Crippen molar-refractivity contribution in [3.63, 3.8) is 0 Å². The molecule has 26 heavy (non-hydrogen) atoms. The Labute approximate surface area is 162 Å². The van der Waals surface area contributed by atoms with Crippen LogP contribution in [0.3, 0.4) is 0 Å². The van der Waals surface area contributed by atoms with Gasteiger partial charge < -0.3 is 5.32 Å². The van der Waals surface area contributed by atoms with Gasteiger partial charge in [-0.3, -0.25) is 4.79 Å². The summed E-state index contributed by atoms with van der Waals surface area (Å²) < 4.78 is 4.33. The van der Waals surface area contributed by atoms with Crippen molar-refractivity contribution in [1.82, 2.24) is 4.57 Å². The van der Waals surface area contributed by atoms with Crippen LogP contribution in [-0.2, 0) is 24.3 Å². The van der Waals surface area contributed by atoms with Gasteiger partial charge in [0.15, 0.2) is 12.2 Å². The molecule has 1 aliphatic rings. The summed E-state index contributed by atoms with van der Waals surface area (Å²) in [6.45, 7) is 1.25. The van der Waals surface area contributed by atoms with Crippen LogP contribution in [0.25, 0.3) is 11.3 Å². The van der Waals surface area contributed by atoms with Gasteiger partial charge in [-0.05, 0) is 55.0 Å². The number of rotatable bonds is 4. The first-order valence-electron chi connectivity index (χ1n) is 8.53. The SMILES string of the molecule is O=C(C[n+]1cc(-c2ccc(Cl)cc2)n2c1CCC2)Nc1ccc(Cl)cc1. The van der Waals surface area contributed by atoms with Crippen LogP contribution in [0.2, 0.25) is 10.0 Å². The van der Waals surface area contributed by atoms with Gasteiger partial charge in [0.05, 0.1) is 13.0 Å². The first kappa shape index (κ1) is 17.1. The number of amides is 1. The fraction of sp³-hybridized carbons (Fsp3) is 0.200. The van der Waals surface area contributed by atoms with Crippen LogP contribution in [0.15, 0.2) is 54.7 Å². The summed E-state index contributed by atoms with van der Waals surface area (Å²) in [6, 6.07) is 14.9. The second-order valence-electron chi connectivity index (χ2n) is 6.38. The molecule has 0 atom stereocenters. The fourth-order valence-electron chi connectivity index (χ4n) is 3.39. The van der Waals surface area contributed by atoms with E-state index in [1.807, 2.05) is 28.8 Å². The Bertz CT molecular complexity index is 946. The van der Waals surface area contributed by atoms with Crippen molar-refractivity contribution in [2.75, 3.05) is 5.32 Å². The molecule has 6 heteroatoms. The lowest BCUT2D eigenvalue weighted by atomic mass is 10.2. The third-order valence-corrected chi connectivity index (χ3v) is 5.08. The van der Waals surface area contributed by atoms with E-state index in [1.54, 1.807) is 24.3 Å². The number of carbonyl (C=O) groups is 1. The van der Waals surface area contributed by atoms with Crippen LogP contribution >= 0.6 is 23.2 Å². The molecule has 0 aliphatic carbocycles. The van der Waals surface area contributed by atoms with E-state index in [0.29, 0.717) is 5.02 Å². The van der Waals surface area contributed by atoms with E-state index >= 15 is 0 Å². The molecular formula is C20H18Cl2N3O+. The maximum Gasteiger partial charge on any atom is 0.266 e. The number of imidazole rings is 1. The molecule has 2 heterocycles. The number of nitrogens with zero attached hydrogens (tertiary/aromatic N) is 2. The second-order valence-corrected chi connectivity index (χ2v) is 7.25. The molecular weight excluding hydrogens is 369 g/mol. The van der Waals surface area contributed by atoms with Crippen LogP contribution in [0.1, 0.15) is 12.2 Å². The van der Waals surface area contributed by atoms with Crippen LogP contribution in [0.4, 0.5) is 5.69 Å². The normalized spacial score (nSPS) is 12.8. The minimum atomic E-state index is -0.0553. The topological polar surface area (TPSA) is 37.9 Å². The highest BCUT2D eigenvalue weighted by atomic mass is 35.5. The predicted octanol–water partition coefficient (Wildman–Crippen LogP) is 4.33. The van der Waals surface area contributed by atoms with Gasteiger partial charge in [-0.1, -0.05) is 23.2 Å². The standard InChI is InChI=1S/C20H17Cl2N3O/c21-15-5-3-14(4-6-15)18-12-24(20-2-1-11-25(18)20)13-19(26)23-17-9-7-16(22)8-10-17/h3-10,12H,1-2,11,13H2/p+1.